The van der Waals surface area contributed by atoms with Gasteiger partial charge in [-0.2, -0.15) is 4.98 Å². The summed E-state index contributed by atoms with van der Waals surface area (Å²) < 4.78 is 5.35. The van der Waals surface area contributed by atoms with Crippen LogP contribution in [0.5, 0.6) is 5.88 Å². The van der Waals surface area contributed by atoms with E-state index < -0.39 is 5.91 Å². The van der Waals surface area contributed by atoms with Gasteiger partial charge in [-0.3, -0.25) is 4.79 Å². The molecule has 1 aromatic rings. The molecule has 1 rings (SSSR count). The van der Waals surface area contributed by atoms with Gasteiger partial charge in [0, 0.05) is 12.3 Å². The van der Waals surface area contributed by atoms with Crippen LogP contribution >= 0.6 is 0 Å². The Hall–Kier alpha value is -1.85. The van der Waals surface area contributed by atoms with E-state index >= 15 is 0 Å². The molecule has 0 fully saturated rings. The van der Waals surface area contributed by atoms with Gasteiger partial charge >= 0.3 is 0 Å². The lowest BCUT2D eigenvalue weighted by Gasteiger charge is -2.09. The average molecular weight is 210 g/mol. The van der Waals surface area contributed by atoms with Crippen LogP contribution in [0.1, 0.15) is 13.8 Å². The van der Waals surface area contributed by atoms with Gasteiger partial charge in [0.25, 0.3) is 0 Å². The minimum atomic E-state index is -0.464. The topological polar surface area (TPSA) is 90.1 Å². The molecule has 82 valence electrons. The van der Waals surface area contributed by atoms with Crippen LogP contribution in [0.25, 0.3) is 0 Å². The van der Waals surface area contributed by atoms with Crippen LogP contribution in [0.15, 0.2) is 12.3 Å². The summed E-state index contributed by atoms with van der Waals surface area (Å²) >= 11 is 0. The third-order valence-corrected chi connectivity index (χ3v) is 1.41. The number of ether oxygens (including phenoxy) is 1. The van der Waals surface area contributed by atoms with Gasteiger partial charge in [-0.05, 0) is 13.8 Å². The second-order valence-corrected chi connectivity index (χ2v) is 3.20. The van der Waals surface area contributed by atoms with Crippen molar-refractivity contribution in [2.24, 2.45) is 5.73 Å². The molecule has 0 radical (unpaired) electrons. The zero-order valence-electron chi connectivity index (χ0n) is 8.73. The first-order valence-corrected chi connectivity index (χ1v) is 4.60. The minimum absolute atomic E-state index is 0.00509. The van der Waals surface area contributed by atoms with Gasteiger partial charge in [-0.25, -0.2) is 4.98 Å². The number of rotatable bonds is 5. The number of nitrogens with zero attached hydrogens (tertiary/aromatic N) is 2. The largest absolute Gasteiger partial charge is 0.475 e. The summed E-state index contributed by atoms with van der Waals surface area (Å²) in [6.45, 7) is 3.81. The monoisotopic (exact) mass is 210 g/mol. The van der Waals surface area contributed by atoms with Crippen LogP contribution in [0.2, 0.25) is 0 Å². The molecule has 0 bridgehead atoms. The smallest absolute Gasteiger partial charge is 0.236 e. The first-order valence-electron chi connectivity index (χ1n) is 4.60. The van der Waals surface area contributed by atoms with Crippen molar-refractivity contribution in [2.45, 2.75) is 20.0 Å². The quantitative estimate of drug-likeness (QED) is 0.722. The van der Waals surface area contributed by atoms with Gasteiger partial charge in [0.05, 0.1) is 12.6 Å². The van der Waals surface area contributed by atoms with E-state index in [4.69, 9.17) is 10.5 Å². The fourth-order valence-corrected chi connectivity index (χ4v) is 0.901. The highest BCUT2D eigenvalue weighted by atomic mass is 16.5. The zero-order valence-corrected chi connectivity index (χ0v) is 8.73. The number of hydrogen-bond acceptors (Lipinski definition) is 5. The molecule has 0 aliphatic heterocycles. The maximum absolute atomic E-state index is 10.5. The summed E-state index contributed by atoms with van der Waals surface area (Å²) in [4.78, 5) is 18.4. The molecule has 0 aliphatic rings. The Balaban J connectivity index is 2.61. The van der Waals surface area contributed by atoms with E-state index in [1.54, 1.807) is 12.3 Å². The van der Waals surface area contributed by atoms with Crippen molar-refractivity contribution < 1.29 is 9.53 Å². The van der Waals surface area contributed by atoms with Crippen LogP contribution in [0.4, 0.5) is 5.95 Å². The molecule has 3 N–H and O–H groups in total. The second-order valence-electron chi connectivity index (χ2n) is 3.20. The summed E-state index contributed by atoms with van der Waals surface area (Å²) in [5.74, 6) is 0.327. The highest BCUT2D eigenvalue weighted by molar-refractivity contribution is 5.78. The van der Waals surface area contributed by atoms with Crippen LogP contribution in [-0.2, 0) is 4.79 Å². The number of hydrogen-bond donors (Lipinski definition) is 2. The number of nitrogens with two attached hydrogens (primary N) is 1. The lowest BCUT2D eigenvalue weighted by Crippen LogP contribution is -2.22. The highest BCUT2D eigenvalue weighted by Gasteiger charge is 2.02. The normalized spacial score (nSPS) is 10.1. The lowest BCUT2D eigenvalue weighted by molar-refractivity contribution is -0.116. The molecule has 0 saturated heterocycles. The molecule has 0 unspecified atom stereocenters. The molecule has 6 heteroatoms. The van der Waals surface area contributed by atoms with E-state index in [2.05, 4.69) is 15.3 Å². The van der Waals surface area contributed by atoms with E-state index in [-0.39, 0.29) is 12.6 Å². The second kappa shape index (κ2) is 5.14. The van der Waals surface area contributed by atoms with Crippen LogP contribution < -0.4 is 15.8 Å². The standard InChI is InChI=1S/C9H14N4O2/c1-6(2)15-8-3-4-11-9(13-8)12-5-7(10)14/h3-4,6H,5H2,1-2H3,(H2,10,14)(H,11,12,13). The lowest BCUT2D eigenvalue weighted by atomic mass is 10.5. The summed E-state index contributed by atoms with van der Waals surface area (Å²) in [6, 6.07) is 1.65. The molecular weight excluding hydrogens is 196 g/mol. The molecule has 1 amide bonds. The van der Waals surface area contributed by atoms with Gasteiger partial charge in [0.1, 0.15) is 0 Å². The van der Waals surface area contributed by atoms with Gasteiger partial charge in [-0.15, -0.1) is 0 Å². The maximum Gasteiger partial charge on any atom is 0.236 e. The zero-order chi connectivity index (χ0) is 11.3. The number of nitrogens with one attached hydrogen (secondary N) is 1. The minimum Gasteiger partial charge on any atom is -0.475 e. The molecule has 0 aliphatic carbocycles. The van der Waals surface area contributed by atoms with Crippen LogP contribution in [-0.4, -0.2) is 28.5 Å². The molecule has 1 aromatic heterocycles. The van der Waals surface area contributed by atoms with Gasteiger partial charge in [0.15, 0.2) is 0 Å². The third-order valence-electron chi connectivity index (χ3n) is 1.41. The number of anilines is 1. The Morgan fingerprint density at radius 1 is 1.67 bits per heavy atom. The van der Waals surface area contributed by atoms with Crippen molar-refractivity contribution in [3.05, 3.63) is 12.3 Å². The first-order chi connectivity index (χ1) is 7.08. The number of carbonyl (C=O) groups excluding carboxylic acids is 1. The number of aromatic nitrogens is 2. The van der Waals surface area contributed by atoms with E-state index in [0.717, 1.165) is 0 Å². The summed E-state index contributed by atoms with van der Waals surface area (Å²) in [6.07, 6.45) is 1.59. The summed E-state index contributed by atoms with van der Waals surface area (Å²) in [7, 11) is 0. The molecular formula is C9H14N4O2. The van der Waals surface area contributed by atoms with Crippen LogP contribution in [0.3, 0.4) is 0 Å². The Morgan fingerprint density at radius 2 is 2.40 bits per heavy atom. The van der Waals surface area contributed by atoms with Crippen molar-refractivity contribution >= 4 is 11.9 Å². The summed E-state index contributed by atoms with van der Waals surface area (Å²) in [5, 5.41) is 2.68. The Morgan fingerprint density at radius 3 is 3.00 bits per heavy atom. The van der Waals surface area contributed by atoms with E-state index in [9.17, 15) is 4.79 Å². The number of primary amides is 1. The molecule has 1 heterocycles. The molecule has 15 heavy (non-hydrogen) atoms. The average Bonchev–Trinajstić information content (AvgIpc) is 2.14. The van der Waals surface area contributed by atoms with Gasteiger partial charge < -0.3 is 15.8 Å². The molecule has 0 aromatic carbocycles. The Kier molecular flexibility index (Phi) is 3.84. The summed E-state index contributed by atoms with van der Waals surface area (Å²) in [5.41, 5.74) is 4.97. The van der Waals surface area contributed by atoms with Gasteiger partial charge in [-0.1, -0.05) is 0 Å². The van der Waals surface area contributed by atoms with Crippen LogP contribution in [0, 0.1) is 0 Å². The Bertz CT molecular complexity index is 341. The van der Waals surface area contributed by atoms with Gasteiger partial charge in [0.2, 0.25) is 17.7 Å². The van der Waals surface area contributed by atoms with Crippen molar-refractivity contribution in [1.82, 2.24) is 9.97 Å². The molecule has 6 nitrogen and oxygen atoms in total. The maximum atomic E-state index is 10.5. The first kappa shape index (κ1) is 11.2. The van der Waals surface area contributed by atoms with E-state index in [1.807, 2.05) is 13.8 Å². The van der Waals surface area contributed by atoms with E-state index in [1.165, 1.54) is 0 Å². The third kappa shape index (κ3) is 4.26. The predicted octanol–water partition coefficient (Wildman–Crippen LogP) is 0.161. The van der Waals surface area contributed by atoms with Crippen molar-refractivity contribution in [3.8, 4) is 5.88 Å². The fourth-order valence-electron chi connectivity index (χ4n) is 0.901. The Labute approximate surface area is 87.9 Å². The number of carbonyl (C=O) groups is 1. The van der Waals surface area contributed by atoms with Crippen molar-refractivity contribution in [3.63, 3.8) is 0 Å². The fraction of sp³-hybridized carbons (Fsp3) is 0.444. The van der Waals surface area contributed by atoms with Crippen molar-refractivity contribution in [2.75, 3.05) is 11.9 Å². The predicted molar refractivity (Wildman–Crippen MR) is 55.5 cm³/mol. The highest BCUT2D eigenvalue weighted by Crippen LogP contribution is 2.09. The SMILES string of the molecule is CC(C)Oc1ccnc(NCC(N)=O)n1. The molecule has 0 atom stereocenters. The molecule has 0 spiro atoms. The molecule has 0 saturated carbocycles. The van der Waals surface area contributed by atoms with E-state index in [0.29, 0.717) is 11.8 Å². The van der Waals surface area contributed by atoms with Crippen molar-refractivity contribution in [1.29, 1.82) is 0 Å². The number of amides is 1.